The molecule has 2 amide bonds. The first-order valence-corrected chi connectivity index (χ1v) is 12.8. The fraction of sp³-hybridized carbons (Fsp3) is 0.0714. The van der Waals surface area contributed by atoms with Crippen molar-refractivity contribution in [2.24, 2.45) is 0 Å². The molecule has 0 fully saturated rings. The number of anilines is 1. The Morgan fingerprint density at radius 1 is 0.973 bits per heavy atom. The molecule has 0 aliphatic carbocycles. The average molecular weight is 517 g/mol. The van der Waals surface area contributed by atoms with Crippen molar-refractivity contribution in [3.8, 4) is 0 Å². The number of hydrogen-bond acceptors (Lipinski definition) is 5. The summed E-state index contributed by atoms with van der Waals surface area (Å²) in [6, 6.07) is 22.7. The lowest BCUT2D eigenvalue weighted by Crippen LogP contribution is -2.29. The Labute approximate surface area is 212 Å². The number of para-hydroxylation sites is 1. The summed E-state index contributed by atoms with van der Waals surface area (Å²) in [4.78, 5) is 26.6. The Hall–Kier alpha value is -4.34. The molecule has 1 atom stereocenters. The fourth-order valence-corrected chi connectivity index (χ4v) is 5.26. The second kappa shape index (κ2) is 9.61. The van der Waals surface area contributed by atoms with Crippen molar-refractivity contribution in [3.05, 3.63) is 114 Å². The molecule has 37 heavy (non-hydrogen) atoms. The number of carbonyl (C=O) groups excluding carboxylic acids is 2. The van der Waals surface area contributed by atoms with Gasteiger partial charge in [-0.15, -0.1) is 0 Å². The van der Waals surface area contributed by atoms with E-state index < -0.39 is 33.8 Å². The molecule has 1 unspecified atom stereocenters. The zero-order valence-electron chi connectivity index (χ0n) is 19.3. The summed E-state index contributed by atoms with van der Waals surface area (Å²) in [6.45, 7) is 0.198. The van der Waals surface area contributed by atoms with Crippen molar-refractivity contribution in [2.45, 2.75) is 17.5 Å². The van der Waals surface area contributed by atoms with Gasteiger partial charge in [0.2, 0.25) is 0 Å². The van der Waals surface area contributed by atoms with Crippen LogP contribution in [0.4, 0.5) is 10.1 Å². The molecular weight excluding hydrogens is 495 g/mol. The predicted octanol–water partition coefficient (Wildman–Crippen LogP) is 4.08. The highest BCUT2D eigenvalue weighted by atomic mass is 32.2. The van der Waals surface area contributed by atoms with Gasteiger partial charge >= 0.3 is 0 Å². The Morgan fingerprint density at radius 3 is 2.46 bits per heavy atom. The van der Waals surface area contributed by atoms with Gasteiger partial charge in [0.05, 0.1) is 17.1 Å². The second-order valence-corrected chi connectivity index (χ2v) is 10.2. The molecule has 0 spiro atoms. The molecule has 0 radical (unpaired) electrons. The minimum absolute atomic E-state index is 0.198. The maximum Gasteiger partial charge on any atom is 0.264 e. The smallest absolute Gasteiger partial charge is 0.264 e. The van der Waals surface area contributed by atoms with E-state index in [-0.39, 0.29) is 11.4 Å². The highest BCUT2D eigenvalue weighted by molar-refractivity contribution is 7.90. The Kier molecular flexibility index (Phi) is 6.32. The van der Waals surface area contributed by atoms with Crippen LogP contribution in [0.2, 0.25) is 0 Å². The number of fused-ring (bicyclic) bond motifs is 2. The molecule has 0 bridgehead atoms. The second-order valence-electron chi connectivity index (χ2n) is 8.55. The zero-order valence-corrected chi connectivity index (χ0v) is 20.2. The van der Waals surface area contributed by atoms with Crippen LogP contribution in [-0.4, -0.2) is 25.3 Å². The summed E-state index contributed by atoms with van der Waals surface area (Å²) >= 11 is 0. The van der Waals surface area contributed by atoms with Gasteiger partial charge in [-0.2, -0.15) is 0 Å². The monoisotopic (exact) mass is 516 g/mol. The number of amides is 2. The lowest BCUT2D eigenvalue weighted by Gasteiger charge is -2.20. The first-order chi connectivity index (χ1) is 17.7. The molecular formula is C28H21FN2O5S. The minimum atomic E-state index is -4.20. The van der Waals surface area contributed by atoms with E-state index in [1.165, 1.54) is 11.0 Å². The summed E-state index contributed by atoms with van der Waals surface area (Å²) in [6.07, 6.45) is 1.06. The van der Waals surface area contributed by atoms with E-state index in [4.69, 9.17) is 0 Å². The number of aliphatic hydroxyl groups is 1. The van der Waals surface area contributed by atoms with Gasteiger partial charge in [-0.05, 0) is 58.3 Å². The highest BCUT2D eigenvalue weighted by Gasteiger charge is 2.37. The largest absolute Gasteiger partial charge is 0.378 e. The van der Waals surface area contributed by atoms with Crippen molar-refractivity contribution < 1.29 is 27.5 Å². The molecule has 4 aromatic carbocycles. The molecule has 2 N–H and O–H groups in total. The molecule has 5 rings (SSSR count). The maximum atomic E-state index is 13.1. The normalized spacial score (nSPS) is 15.4. The van der Waals surface area contributed by atoms with Crippen molar-refractivity contribution in [2.75, 3.05) is 4.90 Å². The molecule has 0 aromatic heterocycles. The van der Waals surface area contributed by atoms with Crippen LogP contribution in [0.25, 0.3) is 16.8 Å². The molecule has 0 saturated carbocycles. The van der Waals surface area contributed by atoms with Crippen LogP contribution in [0.15, 0.2) is 95.9 Å². The molecule has 1 aliphatic heterocycles. The number of benzene rings is 4. The maximum absolute atomic E-state index is 13.1. The van der Waals surface area contributed by atoms with Gasteiger partial charge in [0, 0.05) is 11.6 Å². The van der Waals surface area contributed by atoms with Crippen LogP contribution in [0.5, 0.6) is 0 Å². The molecule has 1 aliphatic rings. The standard InChI is InChI=1S/C28H21FN2O5S/c29-22-11-13-23(14-12-22)37(35,36)30-25(32)15-10-20-6-3-7-24-26(20)31(28(34)27(24)33)17-18-8-9-19-4-1-2-5-21(19)16-18/h1-16,27,33H,17H2,(H,30,32)/b15-10+. The first-order valence-electron chi connectivity index (χ1n) is 11.3. The first kappa shape index (κ1) is 24.4. The molecule has 4 aromatic rings. The lowest BCUT2D eigenvalue weighted by molar-refractivity contribution is -0.125. The number of rotatable bonds is 6. The molecule has 9 heteroatoms. The summed E-state index contributed by atoms with van der Waals surface area (Å²) in [5, 5.41) is 12.6. The Bertz CT molecular complexity index is 1670. The van der Waals surface area contributed by atoms with Crippen molar-refractivity contribution in [3.63, 3.8) is 0 Å². The van der Waals surface area contributed by atoms with Gasteiger partial charge in [-0.3, -0.25) is 9.59 Å². The van der Waals surface area contributed by atoms with Crippen LogP contribution >= 0.6 is 0 Å². The molecule has 186 valence electrons. The van der Waals surface area contributed by atoms with Crippen LogP contribution < -0.4 is 9.62 Å². The van der Waals surface area contributed by atoms with E-state index in [0.717, 1.165) is 46.7 Å². The number of halogens is 1. The third-order valence-electron chi connectivity index (χ3n) is 6.09. The molecule has 1 heterocycles. The lowest BCUT2D eigenvalue weighted by atomic mass is 10.0. The van der Waals surface area contributed by atoms with Crippen molar-refractivity contribution in [1.82, 2.24) is 4.72 Å². The third kappa shape index (κ3) is 4.87. The summed E-state index contributed by atoms with van der Waals surface area (Å²) in [5.41, 5.74) is 2.15. The number of sulfonamides is 1. The SMILES string of the molecule is O=C(/C=C/c1cccc2c1N(Cc1ccc3ccccc3c1)C(=O)C2O)NS(=O)(=O)c1ccc(F)cc1. The quantitative estimate of drug-likeness (QED) is 0.376. The number of hydrogen-bond donors (Lipinski definition) is 2. The number of carbonyl (C=O) groups is 2. The van der Waals surface area contributed by atoms with Crippen LogP contribution in [0.1, 0.15) is 22.8 Å². The summed E-state index contributed by atoms with van der Waals surface area (Å²) in [5.74, 6) is -2.02. The zero-order chi connectivity index (χ0) is 26.2. The predicted molar refractivity (Wildman–Crippen MR) is 137 cm³/mol. The minimum Gasteiger partial charge on any atom is -0.378 e. The van der Waals surface area contributed by atoms with E-state index in [9.17, 15) is 27.5 Å². The van der Waals surface area contributed by atoms with E-state index in [2.05, 4.69) is 0 Å². The fourth-order valence-electron chi connectivity index (χ4n) is 4.32. The van der Waals surface area contributed by atoms with E-state index >= 15 is 0 Å². The van der Waals surface area contributed by atoms with Crippen LogP contribution in [0.3, 0.4) is 0 Å². The Morgan fingerprint density at radius 2 is 1.70 bits per heavy atom. The molecule has 7 nitrogen and oxygen atoms in total. The topological polar surface area (TPSA) is 104 Å². The van der Waals surface area contributed by atoms with Gasteiger partial charge in [0.15, 0.2) is 6.10 Å². The van der Waals surface area contributed by atoms with Gasteiger partial charge in [0.1, 0.15) is 5.82 Å². The third-order valence-corrected chi connectivity index (χ3v) is 7.45. The van der Waals surface area contributed by atoms with Crippen molar-refractivity contribution in [1.29, 1.82) is 0 Å². The van der Waals surface area contributed by atoms with Gasteiger partial charge in [-0.25, -0.2) is 17.5 Å². The van der Waals surface area contributed by atoms with Crippen LogP contribution in [-0.2, 0) is 26.2 Å². The number of nitrogens with zero attached hydrogens (tertiary/aromatic N) is 1. The number of nitrogens with one attached hydrogen (secondary N) is 1. The Balaban J connectivity index is 1.41. The van der Waals surface area contributed by atoms with Crippen LogP contribution in [0, 0.1) is 5.82 Å². The van der Waals surface area contributed by atoms with E-state index in [1.807, 2.05) is 47.2 Å². The van der Waals surface area contributed by atoms with E-state index in [0.29, 0.717) is 16.8 Å². The molecule has 0 saturated heterocycles. The number of aliphatic hydroxyl groups excluding tert-OH is 1. The van der Waals surface area contributed by atoms with Gasteiger partial charge in [0.25, 0.3) is 21.8 Å². The van der Waals surface area contributed by atoms with Gasteiger partial charge < -0.3 is 10.0 Å². The summed E-state index contributed by atoms with van der Waals surface area (Å²) in [7, 11) is -4.20. The average Bonchev–Trinajstić information content (AvgIpc) is 3.12. The van der Waals surface area contributed by atoms with E-state index in [1.54, 1.807) is 18.2 Å². The highest BCUT2D eigenvalue weighted by Crippen LogP contribution is 2.40. The van der Waals surface area contributed by atoms with Gasteiger partial charge in [-0.1, -0.05) is 54.6 Å². The van der Waals surface area contributed by atoms with Crippen molar-refractivity contribution >= 4 is 44.4 Å². The summed E-state index contributed by atoms with van der Waals surface area (Å²) < 4.78 is 39.8.